The number of para-hydroxylation sites is 1. The highest BCUT2D eigenvalue weighted by Crippen LogP contribution is 2.46. The molecular formula is C23H28ClNO6. The first kappa shape index (κ1) is 23.0. The number of esters is 2. The van der Waals surface area contributed by atoms with Gasteiger partial charge in [-0.15, -0.1) is 11.6 Å². The minimum atomic E-state index is -0.791. The van der Waals surface area contributed by atoms with E-state index in [1.54, 1.807) is 46.8 Å². The predicted molar refractivity (Wildman–Crippen MR) is 116 cm³/mol. The summed E-state index contributed by atoms with van der Waals surface area (Å²) in [4.78, 5) is 26.4. The molecule has 0 fully saturated rings. The topological polar surface area (TPSA) is 83.1 Å². The Hall–Kier alpha value is -2.67. The molecule has 7 nitrogen and oxygen atoms in total. The van der Waals surface area contributed by atoms with E-state index in [-0.39, 0.29) is 18.1 Å². The number of rotatable bonds is 5. The average Bonchev–Trinajstić information content (AvgIpc) is 2.71. The van der Waals surface area contributed by atoms with Crippen LogP contribution in [-0.4, -0.2) is 43.2 Å². The Balaban J connectivity index is 2.24. The molecule has 1 N–H and O–H groups in total. The first-order chi connectivity index (χ1) is 14.7. The van der Waals surface area contributed by atoms with Crippen LogP contribution in [0.25, 0.3) is 0 Å². The molecule has 0 saturated carbocycles. The summed E-state index contributed by atoms with van der Waals surface area (Å²) in [5.74, 6) is -0.800. The quantitative estimate of drug-likeness (QED) is 0.540. The van der Waals surface area contributed by atoms with Crippen molar-refractivity contribution in [2.75, 3.05) is 25.7 Å². The van der Waals surface area contributed by atoms with Crippen molar-refractivity contribution in [3.05, 3.63) is 46.3 Å². The van der Waals surface area contributed by atoms with Gasteiger partial charge in [0.15, 0.2) is 11.5 Å². The molecule has 0 radical (unpaired) electrons. The first-order valence-corrected chi connectivity index (χ1v) is 10.8. The second kappa shape index (κ2) is 9.22. The van der Waals surface area contributed by atoms with E-state index in [4.69, 9.17) is 30.5 Å². The highest BCUT2D eigenvalue weighted by atomic mass is 35.5. The molecule has 168 valence electrons. The van der Waals surface area contributed by atoms with Gasteiger partial charge < -0.3 is 24.3 Å². The molecule has 0 saturated heterocycles. The van der Waals surface area contributed by atoms with Gasteiger partial charge in [0, 0.05) is 17.0 Å². The van der Waals surface area contributed by atoms with Gasteiger partial charge in [-0.05, 0) is 40.7 Å². The van der Waals surface area contributed by atoms with Crippen molar-refractivity contribution >= 4 is 23.5 Å². The van der Waals surface area contributed by atoms with Gasteiger partial charge in [0.25, 0.3) is 0 Å². The third kappa shape index (κ3) is 4.82. The smallest absolute Gasteiger partial charge is 0.337 e. The van der Waals surface area contributed by atoms with Crippen LogP contribution in [0, 0.1) is 0 Å². The molecule has 0 aliphatic carbocycles. The van der Waals surface area contributed by atoms with E-state index in [1.165, 1.54) is 0 Å². The normalized spacial score (nSPS) is 18.5. The molecule has 0 aromatic heterocycles. The summed E-state index contributed by atoms with van der Waals surface area (Å²) in [7, 11) is 0. The van der Waals surface area contributed by atoms with Crippen LogP contribution in [0.1, 0.15) is 46.1 Å². The number of nitrogens with one attached hydrogen (secondary N) is 1. The van der Waals surface area contributed by atoms with E-state index in [9.17, 15) is 9.59 Å². The highest BCUT2D eigenvalue weighted by molar-refractivity contribution is 6.20. The lowest BCUT2D eigenvalue weighted by Crippen LogP contribution is -2.36. The number of allylic oxidation sites excluding steroid dienone is 2. The number of benzene rings is 1. The van der Waals surface area contributed by atoms with Crippen LogP contribution in [0.4, 0.5) is 0 Å². The minimum Gasteiger partial charge on any atom is -0.486 e. The number of hydrogen-bond acceptors (Lipinski definition) is 7. The van der Waals surface area contributed by atoms with Crippen LogP contribution in [0.15, 0.2) is 40.7 Å². The Morgan fingerprint density at radius 1 is 1.16 bits per heavy atom. The number of fused-ring (bicyclic) bond motifs is 1. The second-order valence-corrected chi connectivity index (χ2v) is 8.48. The Morgan fingerprint density at radius 2 is 1.87 bits per heavy atom. The third-order valence-corrected chi connectivity index (χ3v) is 5.07. The molecule has 1 aromatic rings. The van der Waals surface area contributed by atoms with Gasteiger partial charge in [0.05, 0.1) is 29.6 Å². The van der Waals surface area contributed by atoms with Crippen molar-refractivity contribution in [3.63, 3.8) is 0 Å². The number of dihydropyridines is 1. The summed E-state index contributed by atoms with van der Waals surface area (Å²) in [6.45, 7) is 9.82. The van der Waals surface area contributed by atoms with Crippen molar-refractivity contribution in [1.82, 2.24) is 5.32 Å². The van der Waals surface area contributed by atoms with Crippen molar-refractivity contribution in [2.24, 2.45) is 0 Å². The first-order valence-electron chi connectivity index (χ1n) is 10.2. The van der Waals surface area contributed by atoms with Crippen LogP contribution in [0.5, 0.6) is 11.5 Å². The van der Waals surface area contributed by atoms with Crippen molar-refractivity contribution in [2.45, 2.75) is 46.1 Å². The molecule has 2 aliphatic heterocycles. The van der Waals surface area contributed by atoms with Gasteiger partial charge in [-0.2, -0.15) is 0 Å². The minimum absolute atomic E-state index is 0.0377. The fourth-order valence-corrected chi connectivity index (χ4v) is 3.90. The summed E-state index contributed by atoms with van der Waals surface area (Å²) in [5, 5.41) is 3.11. The lowest BCUT2D eigenvalue weighted by Gasteiger charge is -2.34. The fourth-order valence-electron chi connectivity index (χ4n) is 3.69. The Bertz CT molecular complexity index is 944. The lowest BCUT2D eigenvalue weighted by atomic mass is 9.79. The molecule has 1 unspecified atom stereocenters. The van der Waals surface area contributed by atoms with E-state index >= 15 is 0 Å². The van der Waals surface area contributed by atoms with E-state index in [0.29, 0.717) is 47.2 Å². The zero-order chi connectivity index (χ0) is 22.8. The maximum atomic E-state index is 13.3. The van der Waals surface area contributed by atoms with Gasteiger partial charge in [0.2, 0.25) is 0 Å². The average molecular weight is 450 g/mol. The van der Waals surface area contributed by atoms with Gasteiger partial charge in [-0.25, -0.2) is 9.59 Å². The molecule has 8 heteroatoms. The fraction of sp³-hybridized carbons (Fsp3) is 0.478. The van der Waals surface area contributed by atoms with Crippen LogP contribution < -0.4 is 14.8 Å². The monoisotopic (exact) mass is 449 g/mol. The number of ether oxygens (including phenoxy) is 4. The van der Waals surface area contributed by atoms with Crippen molar-refractivity contribution in [3.8, 4) is 11.5 Å². The van der Waals surface area contributed by atoms with Gasteiger partial charge >= 0.3 is 11.9 Å². The van der Waals surface area contributed by atoms with Gasteiger partial charge in [0.1, 0.15) is 18.8 Å². The standard InChI is InChI=1S/C23H28ClNO6/c1-6-28-21(26)19-15(12-24)25-13(2)17(22(27)31-23(3,4)5)18(19)14-8-7-9-16-20(14)30-11-10-29-16/h7-9,18,25H,6,10-12H2,1-5H3. The number of hydrogen-bond donors (Lipinski definition) is 1. The van der Waals surface area contributed by atoms with Crippen LogP contribution >= 0.6 is 11.6 Å². The molecule has 31 heavy (non-hydrogen) atoms. The lowest BCUT2D eigenvalue weighted by molar-refractivity contribution is -0.150. The molecule has 0 spiro atoms. The molecular weight excluding hydrogens is 422 g/mol. The molecule has 2 aliphatic rings. The molecule has 1 atom stereocenters. The highest BCUT2D eigenvalue weighted by Gasteiger charge is 2.41. The van der Waals surface area contributed by atoms with Gasteiger partial charge in [-0.3, -0.25) is 0 Å². The Morgan fingerprint density at radius 3 is 2.52 bits per heavy atom. The molecule has 0 bridgehead atoms. The van der Waals surface area contributed by atoms with E-state index in [2.05, 4.69) is 5.32 Å². The Labute approximate surface area is 187 Å². The molecule has 3 rings (SSSR count). The number of halogens is 1. The zero-order valence-corrected chi connectivity index (χ0v) is 19.2. The second-order valence-electron chi connectivity index (χ2n) is 8.22. The SMILES string of the molecule is CCOC(=O)C1=C(CCl)NC(C)=C(C(=O)OC(C)(C)C)C1c1cccc2c1OCCO2. The van der Waals surface area contributed by atoms with Crippen molar-refractivity contribution < 1.29 is 28.5 Å². The third-order valence-electron chi connectivity index (χ3n) is 4.80. The van der Waals surface area contributed by atoms with Crippen LogP contribution in [-0.2, 0) is 19.1 Å². The summed E-state index contributed by atoms with van der Waals surface area (Å²) >= 11 is 6.19. The van der Waals surface area contributed by atoms with Crippen LogP contribution in [0.3, 0.4) is 0 Å². The van der Waals surface area contributed by atoms with E-state index < -0.39 is 23.5 Å². The summed E-state index contributed by atoms with van der Waals surface area (Å²) < 4.78 is 22.6. The Kier molecular flexibility index (Phi) is 6.84. The van der Waals surface area contributed by atoms with E-state index in [1.807, 2.05) is 6.07 Å². The maximum absolute atomic E-state index is 13.3. The van der Waals surface area contributed by atoms with Gasteiger partial charge in [-0.1, -0.05) is 12.1 Å². The largest absolute Gasteiger partial charge is 0.486 e. The molecule has 0 amide bonds. The summed E-state index contributed by atoms with van der Waals surface area (Å²) in [6, 6.07) is 5.40. The number of carbonyl (C=O) groups excluding carboxylic acids is 2. The van der Waals surface area contributed by atoms with E-state index in [0.717, 1.165) is 0 Å². The summed E-state index contributed by atoms with van der Waals surface area (Å²) in [5.41, 5.74) is 1.48. The number of alkyl halides is 1. The van der Waals surface area contributed by atoms with Crippen molar-refractivity contribution in [1.29, 1.82) is 0 Å². The zero-order valence-electron chi connectivity index (χ0n) is 18.5. The summed E-state index contributed by atoms with van der Waals surface area (Å²) in [6.07, 6.45) is 0. The molecule has 2 heterocycles. The predicted octanol–water partition coefficient (Wildman–Crippen LogP) is 3.82. The van der Waals surface area contributed by atoms with Crippen LogP contribution in [0.2, 0.25) is 0 Å². The maximum Gasteiger partial charge on any atom is 0.337 e. The molecule has 1 aromatic carbocycles. The number of carbonyl (C=O) groups is 2.